The molecule has 2 aromatic rings. The van der Waals surface area contributed by atoms with Crippen LogP contribution >= 0.6 is 0 Å². The molecule has 0 aliphatic carbocycles. The topological polar surface area (TPSA) is 37.9 Å². The Morgan fingerprint density at radius 2 is 1.89 bits per heavy atom. The van der Waals surface area contributed by atoms with Crippen molar-refractivity contribution >= 4 is 18.5 Å². The van der Waals surface area contributed by atoms with Crippen LogP contribution in [0.3, 0.4) is 0 Å². The summed E-state index contributed by atoms with van der Waals surface area (Å²) in [5.41, 5.74) is 2.19. The number of hydrogen-bond donors (Lipinski definition) is 0. The molecule has 3 nitrogen and oxygen atoms in total. The average molecular weight is 238 g/mol. The van der Waals surface area contributed by atoms with Crippen molar-refractivity contribution < 1.29 is 4.42 Å². The van der Waals surface area contributed by atoms with Gasteiger partial charge in [-0.15, -0.1) is 0 Å². The summed E-state index contributed by atoms with van der Waals surface area (Å²) < 4.78 is 5.10. The molecule has 2 rings (SSSR count). The summed E-state index contributed by atoms with van der Waals surface area (Å²) in [6, 6.07) is 13.7. The second-order valence-electron chi connectivity index (χ2n) is 3.80. The van der Waals surface area contributed by atoms with E-state index in [9.17, 15) is 0 Å². The first-order valence-electron chi connectivity index (χ1n) is 5.68. The van der Waals surface area contributed by atoms with Gasteiger partial charge in [0, 0.05) is 0 Å². The van der Waals surface area contributed by atoms with Gasteiger partial charge in [0.05, 0.1) is 18.7 Å². The van der Waals surface area contributed by atoms with Crippen molar-refractivity contribution in [2.75, 3.05) is 0 Å². The van der Waals surface area contributed by atoms with E-state index in [1.807, 2.05) is 55.5 Å². The number of allylic oxidation sites excluding steroid dienone is 1. The molecule has 0 aliphatic heterocycles. The van der Waals surface area contributed by atoms with Crippen LogP contribution in [0.25, 0.3) is 6.08 Å². The second-order valence-corrected chi connectivity index (χ2v) is 3.80. The van der Waals surface area contributed by atoms with Crippen molar-refractivity contribution in [3.05, 3.63) is 65.6 Å². The fraction of sp³-hybridized carbons (Fsp3) is 0.0667. The van der Waals surface area contributed by atoms with E-state index in [0.717, 1.165) is 11.1 Å². The highest BCUT2D eigenvalue weighted by Crippen LogP contribution is 2.04. The summed E-state index contributed by atoms with van der Waals surface area (Å²) in [4.78, 5) is 0. The Bertz CT molecular complexity index is 551. The number of hydrogen-bond acceptors (Lipinski definition) is 3. The summed E-state index contributed by atoms with van der Waals surface area (Å²) in [6.07, 6.45) is 6.94. The number of furan rings is 1. The Balaban J connectivity index is 1.95. The number of nitrogens with zero attached hydrogens (tertiary/aromatic N) is 2. The van der Waals surface area contributed by atoms with Crippen LogP contribution in [0.2, 0.25) is 0 Å². The molecule has 0 saturated heterocycles. The van der Waals surface area contributed by atoms with E-state index in [4.69, 9.17) is 4.42 Å². The highest BCUT2D eigenvalue weighted by Gasteiger charge is 1.88. The predicted octanol–water partition coefficient (Wildman–Crippen LogP) is 3.79. The number of rotatable bonds is 4. The second kappa shape index (κ2) is 6.35. The monoisotopic (exact) mass is 238 g/mol. The van der Waals surface area contributed by atoms with Crippen molar-refractivity contribution in [1.29, 1.82) is 0 Å². The van der Waals surface area contributed by atoms with E-state index >= 15 is 0 Å². The molecule has 0 aliphatic rings. The third kappa shape index (κ3) is 3.87. The summed E-state index contributed by atoms with van der Waals surface area (Å²) >= 11 is 0. The van der Waals surface area contributed by atoms with Gasteiger partial charge in [0.15, 0.2) is 0 Å². The van der Waals surface area contributed by atoms with E-state index in [1.54, 1.807) is 18.7 Å². The van der Waals surface area contributed by atoms with Gasteiger partial charge in [-0.25, -0.2) is 0 Å². The van der Waals surface area contributed by atoms with Gasteiger partial charge in [-0.2, -0.15) is 10.2 Å². The van der Waals surface area contributed by atoms with Gasteiger partial charge >= 0.3 is 0 Å². The molecule has 0 amide bonds. The molecule has 0 N–H and O–H groups in total. The largest absolute Gasteiger partial charge is 0.463 e. The van der Waals surface area contributed by atoms with Crippen molar-refractivity contribution in [2.24, 2.45) is 10.2 Å². The van der Waals surface area contributed by atoms with Crippen LogP contribution in [0.5, 0.6) is 0 Å². The van der Waals surface area contributed by atoms with Gasteiger partial charge in [0.2, 0.25) is 0 Å². The molecular formula is C15H14N2O. The predicted molar refractivity (Wildman–Crippen MR) is 74.9 cm³/mol. The highest BCUT2D eigenvalue weighted by atomic mass is 16.3. The lowest BCUT2D eigenvalue weighted by molar-refractivity contribution is 0.560. The summed E-state index contributed by atoms with van der Waals surface area (Å²) in [5.74, 6) is 0.692. The fourth-order valence-corrected chi connectivity index (χ4v) is 1.43. The normalized spacial score (nSPS) is 12.6. The summed E-state index contributed by atoms with van der Waals surface area (Å²) in [7, 11) is 0. The molecule has 0 bridgehead atoms. The van der Waals surface area contributed by atoms with Crippen molar-refractivity contribution in [1.82, 2.24) is 0 Å². The van der Waals surface area contributed by atoms with E-state index in [-0.39, 0.29) is 0 Å². The molecule has 1 heterocycles. The molecule has 90 valence electrons. The van der Waals surface area contributed by atoms with E-state index in [2.05, 4.69) is 10.2 Å². The first-order chi connectivity index (χ1) is 8.84. The van der Waals surface area contributed by atoms with Gasteiger partial charge in [-0.05, 0) is 30.2 Å². The Labute approximate surface area is 106 Å². The maximum atomic E-state index is 5.10. The molecule has 0 saturated carbocycles. The first kappa shape index (κ1) is 12.0. The van der Waals surface area contributed by atoms with Crippen molar-refractivity contribution in [2.45, 2.75) is 6.92 Å². The molecule has 1 aromatic heterocycles. The lowest BCUT2D eigenvalue weighted by Crippen LogP contribution is -1.79. The van der Waals surface area contributed by atoms with Gasteiger partial charge in [0.25, 0.3) is 0 Å². The van der Waals surface area contributed by atoms with Crippen LogP contribution in [-0.2, 0) is 0 Å². The van der Waals surface area contributed by atoms with Gasteiger partial charge in [0.1, 0.15) is 5.76 Å². The Morgan fingerprint density at radius 1 is 1.06 bits per heavy atom. The van der Waals surface area contributed by atoms with Gasteiger partial charge in [-0.1, -0.05) is 36.4 Å². The molecule has 1 aromatic carbocycles. The minimum atomic E-state index is 0.692. The zero-order valence-electron chi connectivity index (χ0n) is 10.2. The van der Waals surface area contributed by atoms with Crippen LogP contribution in [0.15, 0.2) is 68.9 Å². The Kier molecular flexibility index (Phi) is 4.25. The molecular weight excluding hydrogens is 224 g/mol. The third-order valence-corrected chi connectivity index (χ3v) is 2.25. The van der Waals surface area contributed by atoms with Crippen LogP contribution in [-0.4, -0.2) is 12.4 Å². The standard InChI is InChI=1S/C15H14N2O/c1-13(10-14-6-3-2-4-7-14)11-16-17-12-15-8-5-9-18-15/h2-12H,1H3/b13-10?,16-11+,17-12+. The minimum absolute atomic E-state index is 0.692. The molecule has 0 fully saturated rings. The minimum Gasteiger partial charge on any atom is -0.463 e. The lowest BCUT2D eigenvalue weighted by Gasteiger charge is -1.92. The van der Waals surface area contributed by atoms with E-state index in [1.165, 1.54) is 0 Å². The number of benzene rings is 1. The van der Waals surface area contributed by atoms with E-state index in [0.29, 0.717) is 5.76 Å². The van der Waals surface area contributed by atoms with Crippen LogP contribution < -0.4 is 0 Å². The molecule has 0 spiro atoms. The Hall–Kier alpha value is -2.42. The first-order valence-corrected chi connectivity index (χ1v) is 5.68. The average Bonchev–Trinajstić information content (AvgIpc) is 2.89. The van der Waals surface area contributed by atoms with E-state index < -0.39 is 0 Å². The molecule has 0 atom stereocenters. The molecule has 3 heteroatoms. The summed E-state index contributed by atoms with van der Waals surface area (Å²) in [5, 5.41) is 7.86. The Morgan fingerprint density at radius 3 is 2.61 bits per heavy atom. The van der Waals surface area contributed by atoms with Crippen LogP contribution in [0.4, 0.5) is 0 Å². The van der Waals surface area contributed by atoms with Crippen LogP contribution in [0, 0.1) is 0 Å². The molecule has 0 radical (unpaired) electrons. The van der Waals surface area contributed by atoms with Crippen LogP contribution in [0.1, 0.15) is 18.2 Å². The van der Waals surface area contributed by atoms with Gasteiger partial charge < -0.3 is 4.42 Å². The zero-order valence-corrected chi connectivity index (χ0v) is 10.2. The van der Waals surface area contributed by atoms with Crippen molar-refractivity contribution in [3.63, 3.8) is 0 Å². The van der Waals surface area contributed by atoms with Gasteiger partial charge in [-0.3, -0.25) is 0 Å². The maximum absolute atomic E-state index is 5.10. The van der Waals surface area contributed by atoms with Crippen molar-refractivity contribution in [3.8, 4) is 0 Å². The summed E-state index contributed by atoms with van der Waals surface area (Å²) in [6.45, 7) is 1.99. The molecule has 0 unspecified atom stereocenters. The SMILES string of the molecule is CC(=Cc1ccccc1)/C=N/N=C/c1ccco1. The fourth-order valence-electron chi connectivity index (χ4n) is 1.43. The maximum Gasteiger partial charge on any atom is 0.146 e. The smallest absolute Gasteiger partial charge is 0.146 e. The third-order valence-electron chi connectivity index (χ3n) is 2.25. The lowest BCUT2D eigenvalue weighted by atomic mass is 10.1. The zero-order chi connectivity index (χ0) is 12.6. The molecule has 18 heavy (non-hydrogen) atoms. The quantitative estimate of drug-likeness (QED) is 0.590. The highest BCUT2D eigenvalue weighted by molar-refractivity contribution is 5.85.